The molecule has 0 N–H and O–H groups in total. The van der Waals surface area contributed by atoms with Gasteiger partial charge in [0.2, 0.25) is 5.89 Å². The number of hydrogen-bond donors (Lipinski definition) is 0. The van der Waals surface area contributed by atoms with E-state index in [1.54, 1.807) is 7.05 Å². The van der Waals surface area contributed by atoms with E-state index in [0.717, 1.165) is 10.6 Å². The van der Waals surface area contributed by atoms with Crippen LogP contribution < -0.4 is 0 Å². The van der Waals surface area contributed by atoms with Crippen LogP contribution in [0.15, 0.2) is 4.42 Å². The summed E-state index contributed by atoms with van der Waals surface area (Å²) in [6, 6.07) is 0. The van der Waals surface area contributed by atoms with Gasteiger partial charge in [-0.15, -0.1) is 15.3 Å². The number of aryl methyl sites for hydroxylation is 1. The van der Waals surface area contributed by atoms with E-state index in [4.69, 9.17) is 9.15 Å². The molecule has 8 nitrogen and oxygen atoms in total. The number of ether oxygens (including phenoxy) is 1. The van der Waals surface area contributed by atoms with Gasteiger partial charge in [0.25, 0.3) is 0 Å². The molecule has 0 aliphatic carbocycles. The Balaban J connectivity index is 2.04. The summed E-state index contributed by atoms with van der Waals surface area (Å²) >= 11 is 1.26. The second-order valence-electron chi connectivity index (χ2n) is 3.88. The predicted octanol–water partition coefficient (Wildman–Crippen LogP) is 0.648. The smallest absolute Gasteiger partial charge is 0.311 e. The molecule has 0 aliphatic rings. The maximum Gasteiger partial charge on any atom is 0.311 e. The molecule has 2 aromatic heterocycles. The van der Waals surface area contributed by atoms with Gasteiger partial charge in [-0.05, 0) is 18.5 Å². The molecule has 2 aromatic rings. The minimum atomic E-state index is -0.345. The highest BCUT2D eigenvalue weighted by Crippen LogP contribution is 2.13. The third kappa shape index (κ3) is 3.12. The van der Waals surface area contributed by atoms with Crippen molar-refractivity contribution in [1.29, 1.82) is 0 Å². The number of nitrogens with zero attached hydrogens (tertiary/aromatic N) is 5. The molecule has 0 saturated heterocycles. The van der Waals surface area contributed by atoms with Gasteiger partial charge in [-0.2, -0.15) is 0 Å². The van der Waals surface area contributed by atoms with E-state index in [0.29, 0.717) is 6.54 Å². The molecule has 19 heavy (non-hydrogen) atoms. The minimum absolute atomic E-state index is 0.0512. The molecule has 0 fully saturated rings. The number of hydrogen-bond acceptors (Lipinski definition) is 8. The van der Waals surface area contributed by atoms with Gasteiger partial charge in [-0.1, -0.05) is 4.49 Å². The second kappa shape index (κ2) is 5.85. The molecule has 0 radical (unpaired) electrons. The number of carbonyl (C=O) groups is 1. The third-order valence-corrected chi connectivity index (χ3v) is 3.20. The van der Waals surface area contributed by atoms with Gasteiger partial charge in [0.05, 0.1) is 17.1 Å². The Kier molecular flexibility index (Phi) is 4.17. The maximum atomic E-state index is 12.1. The van der Waals surface area contributed by atoms with Crippen molar-refractivity contribution in [2.75, 3.05) is 14.2 Å². The van der Waals surface area contributed by atoms with Gasteiger partial charge in [0, 0.05) is 14.2 Å². The normalized spacial score (nSPS) is 10.7. The van der Waals surface area contributed by atoms with E-state index < -0.39 is 0 Å². The standard InChI is InChI=1S/C10H13N5O3S/c1-6-7(19-14-11-6)4-15(2)10(16)9-13-12-8(18-9)5-17-3/h4-5H2,1-3H3. The average Bonchev–Trinajstić information content (AvgIpc) is 2.99. The molecule has 102 valence electrons. The molecule has 0 aromatic carbocycles. The predicted molar refractivity (Wildman–Crippen MR) is 65.5 cm³/mol. The molecule has 0 aliphatic heterocycles. The Hall–Kier alpha value is -1.87. The Bertz CT molecular complexity index is 567. The van der Waals surface area contributed by atoms with Gasteiger partial charge in [-0.3, -0.25) is 4.79 Å². The van der Waals surface area contributed by atoms with Crippen molar-refractivity contribution in [2.45, 2.75) is 20.1 Å². The fraction of sp³-hybridized carbons (Fsp3) is 0.500. The van der Waals surface area contributed by atoms with E-state index in [9.17, 15) is 4.79 Å². The fourth-order valence-electron chi connectivity index (χ4n) is 1.37. The van der Waals surface area contributed by atoms with Crippen LogP contribution in [-0.4, -0.2) is 44.7 Å². The van der Waals surface area contributed by atoms with Crippen molar-refractivity contribution >= 4 is 17.4 Å². The summed E-state index contributed by atoms with van der Waals surface area (Å²) < 4.78 is 13.9. The number of methoxy groups -OCH3 is 1. The Morgan fingerprint density at radius 1 is 1.42 bits per heavy atom. The first-order chi connectivity index (χ1) is 9.11. The molecule has 2 heterocycles. The first-order valence-corrected chi connectivity index (χ1v) is 6.23. The highest BCUT2D eigenvalue weighted by molar-refractivity contribution is 7.05. The number of rotatable bonds is 5. The minimum Gasteiger partial charge on any atom is -0.414 e. The van der Waals surface area contributed by atoms with Crippen molar-refractivity contribution in [1.82, 2.24) is 24.7 Å². The molecule has 2 rings (SSSR count). The summed E-state index contributed by atoms with van der Waals surface area (Å²) in [5.41, 5.74) is 0.815. The van der Waals surface area contributed by atoms with Crippen LogP contribution in [0.5, 0.6) is 0 Å². The van der Waals surface area contributed by atoms with E-state index in [1.165, 1.54) is 23.5 Å². The van der Waals surface area contributed by atoms with Gasteiger partial charge in [0.15, 0.2) is 0 Å². The highest BCUT2D eigenvalue weighted by atomic mass is 32.1. The first-order valence-electron chi connectivity index (χ1n) is 5.46. The number of aromatic nitrogens is 4. The van der Waals surface area contributed by atoms with Crippen LogP contribution in [0.3, 0.4) is 0 Å². The van der Waals surface area contributed by atoms with Crippen molar-refractivity contribution in [3.05, 3.63) is 22.4 Å². The van der Waals surface area contributed by atoms with Crippen molar-refractivity contribution in [2.24, 2.45) is 0 Å². The third-order valence-electron chi connectivity index (χ3n) is 2.39. The van der Waals surface area contributed by atoms with E-state index in [-0.39, 0.29) is 24.3 Å². The second-order valence-corrected chi connectivity index (χ2v) is 4.72. The SMILES string of the molecule is COCc1nnc(C(=O)N(C)Cc2snnc2C)o1. The number of carbonyl (C=O) groups excluding carboxylic acids is 1. The highest BCUT2D eigenvalue weighted by Gasteiger charge is 2.20. The summed E-state index contributed by atoms with van der Waals surface area (Å²) in [4.78, 5) is 14.5. The zero-order chi connectivity index (χ0) is 13.8. The summed E-state index contributed by atoms with van der Waals surface area (Å²) in [6.07, 6.45) is 0. The summed E-state index contributed by atoms with van der Waals surface area (Å²) in [5, 5.41) is 11.3. The van der Waals surface area contributed by atoms with Crippen LogP contribution in [0.4, 0.5) is 0 Å². The Morgan fingerprint density at radius 2 is 2.21 bits per heavy atom. The molecule has 1 amide bonds. The molecular weight excluding hydrogens is 270 g/mol. The molecule has 9 heteroatoms. The van der Waals surface area contributed by atoms with Crippen LogP contribution in [0.2, 0.25) is 0 Å². The van der Waals surface area contributed by atoms with E-state index in [1.807, 2.05) is 6.92 Å². The zero-order valence-electron chi connectivity index (χ0n) is 10.8. The molecule has 0 spiro atoms. The molecule has 0 atom stereocenters. The summed E-state index contributed by atoms with van der Waals surface area (Å²) in [6.45, 7) is 2.44. The quantitative estimate of drug-likeness (QED) is 0.795. The Labute approximate surface area is 113 Å². The lowest BCUT2D eigenvalue weighted by molar-refractivity contribution is 0.0738. The lowest BCUT2D eigenvalue weighted by Gasteiger charge is -2.13. The fourth-order valence-corrected chi connectivity index (χ4v) is 2.05. The maximum absolute atomic E-state index is 12.1. The molecule has 0 bridgehead atoms. The lowest BCUT2D eigenvalue weighted by atomic mass is 10.3. The van der Waals surface area contributed by atoms with Crippen LogP contribution >= 0.6 is 11.5 Å². The van der Waals surface area contributed by atoms with Crippen molar-refractivity contribution in [3.63, 3.8) is 0 Å². The summed E-state index contributed by atoms with van der Waals surface area (Å²) in [7, 11) is 3.17. The van der Waals surface area contributed by atoms with Gasteiger partial charge >= 0.3 is 11.8 Å². The van der Waals surface area contributed by atoms with E-state index in [2.05, 4.69) is 19.8 Å². The monoisotopic (exact) mass is 283 g/mol. The first kappa shape index (κ1) is 13.6. The Morgan fingerprint density at radius 3 is 2.84 bits per heavy atom. The van der Waals surface area contributed by atoms with Crippen LogP contribution in [0.1, 0.15) is 27.1 Å². The number of amides is 1. The largest absolute Gasteiger partial charge is 0.414 e. The molecule has 0 unspecified atom stereocenters. The van der Waals surface area contributed by atoms with Crippen molar-refractivity contribution in [3.8, 4) is 0 Å². The van der Waals surface area contributed by atoms with Gasteiger partial charge < -0.3 is 14.1 Å². The lowest BCUT2D eigenvalue weighted by Crippen LogP contribution is -2.26. The van der Waals surface area contributed by atoms with E-state index >= 15 is 0 Å². The summed E-state index contributed by atoms with van der Waals surface area (Å²) in [5.74, 6) is -0.123. The zero-order valence-corrected chi connectivity index (χ0v) is 11.6. The topological polar surface area (TPSA) is 94.2 Å². The van der Waals surface area contributed by atoms with Crippen molar-refractivity contribution < 1.29 is 13.9 Å². The van der Waals surface area contributed by atoms with Gasteiger partial charge in [-0.25, -0.2) is 0 Å². The van der Waals surface area contributed by atoms with Crippen LogP contribution in [0.25, 0.3) is 0 Å². The van der Waals surface area contributed by atoms with Gasteiger partial charge in [0.1, 0.15) is 6.61 Å². The molecule has 0 saturated carbocycles. The molecular formula is C10H13N5O3S. The van der Waals surface area contributed by atoms with Crippen LogP contribution in [0, 0.1) is 6.92 Å². The average molecular weight is 283 g/mol. The van der Waals surface area contributed by atoms with Crippen LogP contribution in [-0.2, 0) is 17.9 Å².